The van der Waals surface area contributed by atoms with Crippen LogP contribution in [0.25, 0.3) is 0 Å². The van der Waals surface area contributed by atoms with Crippen molar-refractivity contribution in [2.45, 2.75) is 13.0 Å². The molecule has 106 valence electrons. The fraction of sp³-hybridized carbons (Fsp3) is 0.286. The summed E-state index contributed by atoms with van der Waals surface area (Å²) in [7, 11) is 3.20. The van der Waals surface area contributed by atoms with Gasteiger partial charge in [0, 0.05) is 29.0 Å². The largest absolute Gasteiger partial charge is 0.467 e. The van der Waals surface area contributed by atoms with Crippen molar-refractivity contribution in [3.8, 4) is 0 Å². The normalized spacial score (nSPS) is 12.0. The predicted molar refractivity (Wildman–Crippen MR) is 80.5 cm³/mol. The van der Waals surface area contributed by atoms with Gasteiger partial charge in [0.2, 0.25) is 0 Å². The van der Waals surface area contributed by atoms with Gasteiger partial charge in [0.05, 0.1) is 12.8 Å². The molecule has 20 heavy (non-hydrogen) atoms. The van der Waals surface area contributed by atoms with Crippen LogP contribution >= 0.6 is 15.9 Å². The highest BCUT2D eigenvalue weighted by atomic mass is 79.9. The Hall–Kier alpha value is -1.82. The summed E-state index contributed by atoms with van der Waals surface area (Å²) < 4.78 is 7.55. The molecule has 2 rings (SSSR count). The molecule has 1 N–H and O–H groups in total. The predicted octanol–water partition coefficient (Wildman–Crippen LogP) is 2.82. The Morgan fingerprint density at radius 1 is 1.40 bits per heavy atom. The lowest BCUT2D eigenvalue weighted by Gasteiger charge is -2.17. The molecule has 0 saturated heterocycles. The van der Waals surface area contributed by atoms with E-state index >= 15 is 0 Å². The smallest absolute Gasteiger partial charge is 0.333 e. The molecule has 0 bridgehead atoms. The molecule has 6 heteroatoms. The Balaban J connectivity index is 2.31. The van der Waals surface area contributed by atoms with Gasteiger partial charge in [0.25, 0.3) is 0 Å². The monoisotopic (exact) mass is 337 g/mol. The number of ether oxygens (including phenoxy) is 1. The van der Waals surface area contributed by atoms with Crippen LogP contribution in [-0.2, 0) is 16.6 Å². The summed E-state index contributed by atoms with van der Waals surface area (Å²) in [5, 5.41) is 7.44. The third kappa shape index (κ3) is 3.19. The zero-order valence-corrected chi connectivity index (χ0v) is 13.1. The molecular formula is C14H16BrN3O2. The van der Waals surface area contributed by atoms with E-state index in [1.807, 2.05) is 44.4 Å². The molecular weight excluding hydrogens is 322 g/mol. The van der Waals surface area contributed by atoms with Crippen LogP contribution < -0.4 is 5.32 Å². The minimum atomic E-state index is -0.574. The minimum Gasteiger partial charge on any atom is -0.467 e. The lowest BCUT2D eigenvalue weighted by molar-refractivity contribution is -0.141. The van der Waals surface area contributed by atoms with Crippen LogP contribution in [-0.4, -0.2) is 22.9 Å². The summed E-state index contributed by atoms with van der Waals surface area (Å²) >= 11 is 3.38. The maximum atomic E-state index is 12.0. The molecule has 1 heterocycles. The first kappa shape index (κ1) is 14.6. The summed E-state index contributed by atoms with van der Waals surface area (Å²) in [6, 6.07) is 7.03. The van der Waals surface area contributed by atoms with E-state index in [1.165, 1.54) is 7.11 Å². The minimum absolute atomic E-state index is 0.344. The van der Waals surface area contributed by atoms with Gasteiger partial charge < -0.3 is 10.1 Å². The molecule has 5 nitrogen and oxygen atoms in total. The van der Waals surface area contributed by atoms with Crippen molar-refractivity contribution in [3.05, 3.63) is 46.2 Å². The Bertz CT molecular complexity index is 607. The van der Waals surface area contributed by atoms with Crippen molar-refractivity contribution < 1.29 is 9.53 Å². The first-order valence-corrected chi connectivity index (χ1v) is 6.90. The molecule has 0 fully saturated rings. The van der Waals surface area contributed by atoms with Crippen LogP contribution in [0.3, 0.4) is 0 Å². The van der Waals surface area contributed by atoms with Crippen molar-refractivity contribution in [3.63, 3.8) is 0 Å². The van der Waals surface area contributed by atoms with Crippen molar-refractivity contribution in [1.82, 2.24) is 9.78 Å². The van der Waals surface area contributed by atoms with Gasteiger partial charge in [-0.05, 0) is 31.2 Å². The van der Waals surface area contributed by atoms with Gasteiger partial charge in [-0.2, -0.15) is 5.10 Å². The molecule has 1 aromatic heterocycles. The molecule has 0 aliphatic rings. The number of aryl methyl sites for hydroxylation is 2. The number of rotatable bonds is 4. The standard InChI is InChI=1S/C14H16BrN3O2/c1-9-12(8-18(2)17-9)13(14(19)20-3)16-11-6-4-10(15)5-7-11/h4-8,13,16H,1-3H3. The van der Waals surface area contributed by atoms with Gasteiger partial charge in [-0.1, -0.05) is 15.9 Å². The average Bonchev–Trinajstić information content (AvgIpc) is 2.76. The maximum absolute atomic E-state index is 12.0. The van der Waals surface area contributed by atoms with E-state index in [0.29, 0.717) is 0 Å². The first-order valence-electron chi connectivity index (χ1n) is 6.11. The molecule has 1 atom stereocenters. The number of halogens is 1. The summed E-state index contributed by atoms with van der Waals surface area (Å²) in [6.07, 6.45) is 1.82. The second kappa shape index (κ2) is 6.09. The van der Waals surface area contributed by atoms with Crippen LogP contribution in [0.15, 0.2) is 34.9 Å². The van der Waals surface area contributed by atoms with Gasteiger partial charge in [0.15, 0.2) is 6.04 Å². The number of benzene rings is 1. The molecule has 0 spiro atoms. The van der Waals surface area contributed by atoms with Gasteiger partial charge in [0.1, 0.15) is 0 Å². The number of carbonyl (C=O) groups is 1. The SMILES string of the molecule is COC(=O)C(Nc1ccc(Br)cc1)c1cn(C)nc1C. The number of carbonyl (C=O) groups excluding carboxylic acids is 1. The van der Waals surface area contributed by atoms with E-state index < -0.39 is 6.04 Å². The quantitative estimate of drug-likeness (QED) is 0.871. The van der Waals surface area contributed by atoms with E-state index in [4.69, 9.17) is 4.74 Å². The number of nitrogens with one attached hydrogen (secondary N) is 1. The summed E-state index contributed by atoms with van der Waals surface area (Å²) in [6.45, 7) is 1.87. The van der Waals surface area contributed by atoms with E-state index in [1.54, 1.807) is 4.68 Å². The molecule has 0 amide bonds. The van der Waals surface area contributed by atoms with Crippen LogP contribution in [0.5, 0.6) is 0 Å². The molecule has 1 unspecified atom stereocenters. The molecule has 2 aromatic rings. The van der Waals surface area contributed by atoms with Crippen LogP contribution in [0.1, 0.15) is 17.3 Å². The molecule has 0 aliphatic carbocycles. The van der Waals surface area contributed by atoms with E-state index in [9.17, 15) is 4.79 Å². The number of methoxy groups -OCH3 is 1. The summed E-state index contributed by atoms with van der Waals surface area (Å²) in [5.74, 6) is -0.344. The average molecular weight is 338 g/mol. The fourth-order valence-electron chi connectivity index (χ4n) is 2.00. The van der Waals surface area contributed by atoms with E-state index in [0.717, 1.165) is 21.4 Å². The molecule has 1 aromatic carbocycles. The molecule has 0 radical (unpaired) electrons. The number of aromatic nitrogens is 2. The zero-order chi connectivity index (χ0) is 14.7. The van der Waals surface area contributed by atoms with Crippen LogP contribution in [0.2, 0.25) is 0 Å². The number of anilines is 1. The van der Waals surface area contributed by atoms with Crippen LogP contribution in [0.4, 0.5) is 5.69 Å². The Kier molecular flexibility index (Phi) is 4.44. The van der Waals surface area contributed by atoms with Gasteiger partial charge in [-0.25, -0.2) is 4.79 Å². The first-order chi connectivity index (χ1) is 9.51. The van der Waals surface area contributed by atoms with Gasteiger partial charge in [-0.15, -0.1) is 0 Å². The number of hydrogen-bond acceptors (Lipinski definition) is 4. The second-order valence-corrected chi connectivity index (χ2v) is 5.37. The van der Waals surface area contributed by atoms with E-state index in [-0.39, 0.29) is 5.97 Å². The molecule has 0 saturated carbocycles. The van der Waals surface area contributed by atoms with Crippen molar-refractivity contribution in [1.29, 1.82) is 0 Å². The van der Waals surface area contributed by atoms with Crippen LogP contribution in [0, 0.1) is 6.92 Å². The highest BCUT2D eigenvalue weighted by molar-refractivity contribution is 9.10. The lowest BCUT2D eigenvalue weighted by atomic mass is 10.1. The van der Waals surface area contributed by atoms with Gasteiger partial charge >= 0.3 is 5.97 Å². The summed E-state index contributed by atoms with van der Waals surface area (Å²) in [5.41, 5.74) is 2.45. The lowest BCUT2D eigenvalue weighted by Crippen LogP contribution is -2.22. The summed E-state index contributed by atoms with van der Waals surface area (Å²) in [4.78, 5) is 12.0. The Labute approximate surface area is 126 Å². The van der Waals surface area contributed by atoms with Crippen molar-refractivity contribution >= 4 is 27.6 Å². The highest BCUT2D eigenvalue weighted by Gasteiger charge is 2.25. The zero-order valence-electron chi connectivity index (χ0n) is 11.6. The van der Waals surface area contributed by atoms with E-state index in [2.05, 4.69) is 26.3 Å². The fourth-order valence-corrected chi connectivity index (χ4v) is 2.26. The number of hydrogen-bond donors (Lipinski definition) is 1. The highest BCUT2D eigenvalue weighted by Crippen LogP contribution is 2.24. The third-order valence-electron chi connectivity index (χ3n) is 2.95. The molecule has 0 aliphatic heterocycles. The Morgan fingerprint density at radius 2 is 2.05 bits per heavy atom. The second-order valence-electron chi connectivity index (χ2n) is 4.45. The number of esters is 1. The topological polar surface area (TPSA) is 56.1 Å². The Morgan fingerprint density at radius 3 is 2.55 bits per heavy atom. The van der Waals surface area contributed by atoms with Crippen molar-refractivity contribution in [2.24, 2.45) is 7.05 Å². The number of nitrogens with zero attached hydrogens (tertiary/aromatic N) is 2. The third-order valence-corrected chi connectivity index (χ3v) is 3.48. The van der Waals surface area contributed by atoms with Gasteiger partial charge in [-0.3, -0.25) is 4.68 Å². The maximum Gasteiger partial charge on any atom is 0.333 e. The van der Waals surface area contributed by atoms with Crippen molar-refractivity contribution in [2.75, 3.05) is 12.4 Å².